The first-order chi connectivity index (χ1) is 11.2. The van der Waals surface area contributed by atoms with Gasteiger partial charge in [-0.1, -0.05) is 26.7 Å². The molecule has 0 radical (unpaired) electrons. The summed E-state index contributed by atoms with van der Waals surface area (Å²) in [4.78, 5) is 24.1. The molecule has 0 spiro atoms. The van der Waals surface area contributed by atoms with Crippen LogP contribution in [0.3, 0.4) is 0 Å². The van der Waals surface area contributed by atoms with Gasteiger partial charge in [0.1, 0.15) is 6.10 Å². The van der Waals surface area contributed by atoms with E-state index in [1.807, 2.05) is 13.8 Å². The first-order valence-electron chi connectivity index (χ1n) is 8.26. The first kappa shape index (κ1) is 20.9. The summed E-state index contributed by atoms with van der Waals surface area (Å²) in [6.07, 6.45) is 2.16. The van der Waals surface area contributed by atoms with Crippen LogP contribution in [0, 0.1) is 0 Å². The van der Waals surface area contributed by atoms with E-state index in [1.165, 1.54) is 0 Å². The van der Waals surface area contributed by atoms with Crippen molar-refractivity contribution in [3.63, 3.8) is 0 Å². The number of sulfone groups is 1. The molecule has 24 heavy (non-hydrogen) atoms. The minimum atomic E-state index is -3.79. The number of primary amides is 1. The second-order valence-corrected chi connectivity index (χ2v) is 8.51. The van der Waals surface area contributed by atoms with Crippen LogP contribution >= 0.6 is 0 Å². The topological polar surface area (TPSA) is 139 Å². The van der Waals surface area contributed by atoms with Gasteiger partial charge in [0.15, 0.2) is 9.84 Å². The molecule has 1 aliphatic heterocycles. The minimum absolute atomic E-state index is 0.196. The minimum Gasteiger partial charge on any atom is -0.458 e. The van der Waals surface area contributed by atoms with Gasteiger partial charge in [0.2, 0.25) is 11.4 Å². The molecule has 0 aromatic heterocycles. The maximum absolute atomic E-state index is 12.7. The van der Waals surface area contributed by atoms with Crippen LogP contribution < -0.4 is 11.5 Å². The van der Waals surface area contributed by atoms with E-state index in [2.05, 4.69) is 0 Å². The highest BCUT2D eigenvalue weighted by Gasteiger charge is 2.48. The second kappa shape index (κ2) is 8.77. The predicted molar refractivity (Wildman–Crippen MR) is 88.8 cm³/mol. The largest absolute Gasteiger partial charge is 0.458 e. The number of carbonyl (C=O) groups excluding carboxylic acids is 2. The van der Waals surface area contributed by atoms with Crippen LogP contribution in [0.25, 0.3) is 0 Å². The van der Waals surface area contributed by atoms with Gasteiger partial charge < -0.3 is 20.9 Å². The Labute approximate surface area is 143 Å². The standard InChI is InChI=1S/C15H28N2O6S/c1-3-5-12(6-4-2)24(20,21)10-15(17,13(16)18)14(19)23-11-7-8-22-9-11/h11-12H,3-10,17H2,1-2H3,(H2,16,18)/t11-,15+/m0/s1. The fraction of sp³-hybridized carbons (Fsp3) is 0.867. The van der Waals surface area contributed by atoms with E-state index in [9.17, 15) is 18.0 Å². The molecular formula is C15H28N2O6S. The fourth-order valence-corrected chi connectivity index (χ4v) is 5.00. The fourth-order valence-electron chi connectivity index (χ4n) is 2.68. The lowest BCUT2D eigenvalue weighted by atomic mass is 10.0. The van der Waals surface area contributed by atoms with E-state index in [4.69, 9.17) is 20.9 Å². The molecule has 1 fully saturated rings. The number of rotatable bonds is 10. The summed E-state index contributed by atoms with van der Waals surface area (Å²) in [5, 5.41) is -0.655. The summed E-state index contributed by atoms with van der Waals surface area (Å²) in [5.74, 6) is -3.16. The Kier molecular flexibility index (Phi) is 7.62. The van der Waals surface area contributed by atoms with Crippen LogP contribution in [0.4, 0.5) is 0 Å². The van der Waals surface area contributed by atoms with Crippen LogP contribution in [0.15, 0.2) is 0 Å². The monoisotopic (exact) mass is 364 g/mol. The van der Waals surface area contributed by atoms with E-state index in [1.54, 1.807) is 0 Å². The summed E-state index contributed by atoms with van der Waals surface area (Å²) >= 11 is 0. The first-order valence-corrected chi connectivity index (χ1v) is 9.98. The van der Waals surface area contributed by atoms with Crippen molar-refractivity contribution in [1.29, 1.82) is 0 Å². The number of esters is 1. The zero-order valence-corrected chi connectivity index (χ0v) is 15.1. The highest BCUT2D eigenvalue weighted by Crippen LogP contribution is 2.21. The van der Waals surface area contributed by atoms with Gasteiger partial charge in [-0.25, -0.2) is 13.2 Å². The van der Waals surface area contributed by atoms with Crippen LogP contribution in [-0.2, 0) is 28.9 Å². The lowest BCUT2D eigenvalue weighted by Gasteiger charge is -2.27. The maximum atomic E-state index is 12.7. The van der Waals surface area contributed by atoms with Gasteiger partial charge in [-0.05, 0) is 12.8 Å². The highest BCUT2D eigenvalue weighted by atomic mass is 32.2. The zero-order valence-electron chi connectivity index (χ0n) is 14.3. The third-order valence-electron chi connectivity index (χ3n) is 4.12. The Balaban J connectivity index is 2.96. The Bertz CT molecular complexity index is 538. The van der Waals surface area contributed by atoms with Gasteiger partial charge >= 0.3 is 5.97 Å². The van der Waals surface area contributed by atoms with Crippen molar-refractivity contribution in [2.75, 3.05) is 19.0 Å². The molecule has 0 aromatic carbocycles. The van der Waals surface area contributed by atoms with Crippen molar-refractivity contribution < 1.29 is 27.5 Å². The van der Waals surface area contributed by atoms with Crippen LogP contribution in [-0.4, -0.2) is 56.2 Å². The molecule has 0 unspecified atom stereocenters. The molecule has 140 valence electrons. The lowest BCUT2D eigenvalue weighted by molar-refractivity contribution is -0.157. The van der Waals surface area contributed by atoms with E-state index >= 15 is 0 Å². The number of ether oxygens (including phenoxy) is 2. The summed E-state index contributed by atoms with van der Waals surface area (Å²) in [7, 11) is -3.79. The zero-order chi connectivity index (χ0) is 18.4. The van der Waals surface area contributed by atoms with Gasteiger partial charge in [0.25, 0.3) is 0 Å². The predicted octanol–water partition coefficient (Wildman–Crippen LogP) is -0.115. The molecule has 2 atom stereocenters. The molecule has 4 N–H and O–H groups in total. The number of amides is 1. The Morgan fingerprint density at radius 2 is 1.88 bits per heavy atom. The Morgan fingerprint density at radius 3 is 2.29 bits per heavy atom. The van der Waals surface area contributed by atoms with Crippen LogP contribution in [0.5, 0.6) is 0 Å². The van der Waals surface area contributed by atoms with Gasteiger partial charge in [-0.2, -0.15) is 0 Å². The van der Waals surface area contributed by atoms with Crippen molar-refractivity contribution in [1.82, 2.24) is 0 Å². The average Bonchev–Trinajstić information content (AvgIpc) is 2.99. The van der Waals surface area contributed by atoms with E-state index in [-0.39, 0.29) is 6.61 Å². The lowest BCUT2D eigenvalue weighted by Crippen LogP contribution is -2.64. The highest BCUT2D eigenvalue weighted by molar-refractivity contribution is 7.92. The molecule has 0 aromatic rings. The van der Waals surface area contributed by atoms with Crippen molar-refractivity contribution in [3.05, 3.63) is 0 Å². The molecule has 1 amide bonds. The molecular weight excluding hydrogens is 336 g/mol. The third-order valence-corrected chi connectivity index (χ3v) is 6.47. The molecule has 1 aliphatic rings. The van der Waals surface area contributed by atoms with E-state index in [0.29, 0.717) is 38.7 Å². The van der Waals surface area contributed by atoms with Gasteiger partial charge in [-0.15, -0.1) is 0 Å². The summed E-state index contributed by atoms with van der Waals surface area (Å²) < 4.78 is 35.5. The van der Waals surface area contributed by atoms with Crippen LogP contribution in [0.2, 0.25) is 0 Å². The molecule has 9 heteroatoms. The summed E-state index contributed by atoms with van der Waals surface area (Å²) in [6, 6.07) is 0. The van der Waals surface area contributed by atoms with Crippen molar-refractivity contribution in [2.24, 2.45) is 11.5 Å². The summed E-state index contributed by atoms with van der Waals surface area (Å²) in [5.41, 5.74) is 8.66. The molecule has 1 rings (SSSR count). The molecule has 0 bridgehead atoms. The van der Waals surface area contributed by atoms with Crippen LogP contribution in [0.1, 0.15) is 46.0 Å². The number of hydrogen-bond acceptors (Lipinski definition) is 7. The number of hydrogen-bond donors (Lipinski definition) is 2. The number of nitrogens with two attached hydrogens (primary N) is 2. The summed E-state index contributed by atoms with van der Waals surface area (Å²) in [6.45, 7) is 4.37. The molecule has 1 heterocycles. The Morgan fingerprint density at radius 1 is 1.29 bits per heavy atom. The van der Waals surface area contributed by atoms with E-state index in [0.717, 1.165) is 0 Å². The van der Waals surface area contributed by atoms with Crippen molar-refractivity contribution in [3.8, 4) is 0 Å². The molecule has 0 saturated carbocycles. The van der Waals surface area contributed by atoms with Gasteiger partial charge in [0, 0.05) is 6.42 Å². The molecule has 1 saturated heterocycles. The van der Waals surface area contributed by atoms with Crippen molar-refractivity contribution in [2.45, 2.75) is 62.8 Å². The van der Waals surface area contributed by atoms with Crippen molar-refractivity contribution >= 4 is 21.7 Å². The van der Waals surface area contributed by atoms with E-state index < -0.39 is 44.4 Å². The normalized spacial score (nSPS) is 20.8. The SMILES string of the molecule is CCCC(CCC)S(=O)(=O)C[C@@](N)(C(N)=O)C(=O)O[C@H]1CCOC1. The maximum Gasteiger partial charge on any atom is 0.337 e. The molecule has 0 aliphatic carbocycles. The van der Waals surface area contributed by atoms with Gasteiger partial charge in [0.05, 0.1) is 24.2 Å². The third kappa shape index (κ3) is 5.15. The Hall–Kier alpha value is -1.19. The van der Waals surface area contributed by atoms with Gasteiger partial charge in [-0.3, -0.25) is 4.79 Å². The number of carbonyl (C=O) groups is 2. The quantitative estimate of drug-likeness (QED) is 0.407. The smallest absolute Gasteiger partial charge is 0.337 e. The second-order valence-electron chi connectivity index (χ2n) is 6.23. The molecule has 8 nitrogen and oxygen atoms in total. The average molecular weight is 364 g/mol.